The van der Waals surface area contributed by atoms with Crippen molar-refractivity contribution >= 4 is 5.91 Å². The molecule has 1 amide bonds. The number of halogens is 1. The van der Waals surface area contributed by atoms with E-state index in [9.17, 15) is 9.18 Å². The van der Waals surface area contributed by atoms with Gasteiger partial charge in [-0.2, -0.15) is 0 Å². The summed E-state index contributed by atoms with van der Waals surface area (Å²) < 4.78 is 19.0. The van der Waals surface area contributed by atoms with Crippen LogP contribution in [0.25, 0.3) is 0 Å². The highest BCUT2D eigenvalue weighted by Crippen LogP contribution is 2.23. The zero-order valence-corrected chi connectivity index (χ0v) is 15.4. The largest absolute Gasteiger partial charge is 0.368 e. The number of aromatic nitrogens is 1. The second-order valence-corrected chi connectivity index (χ2v) is 6.83. The lowest BCUT2D eigenvalue weighted by molar-refractivity contribution is -0.0247. The van der Waals surface area contributed by atoms with Crippen LogP contribution in [0.3, 0.4) is 0 Å². The minimum atomic E-state index is -0.351. The molecule has 0 radical (unpaired) electrons. The highest BCUT2D eigenvalue weighted by molar-refractivity contribution is 5.94. The van der Waals surface area contributed by atoms with Gasteiger partial charge in [0.1, 0.15) is 11.9 Å². The second-order valence-electron chi connectivity index (χ2n) is 6.83. The van der Waals surface area contributed by atoms with E-state index >= 15 is 0 Å². The molecule has 1 fully saturated rings. The number of morpholine rings is 1. The molecule has 1 saturated heterocycles. The first-order chi connectivity index (χ1) is 13.7. The molecule has 0 N–H and O–H groups in total. The summed E-state index contributed by atoms with van der Waals surface area (Å²) in [6, 6.07) is 21.7. The number of nitrogens with zero attached hydrogens (tertiary/aromatic N) is 2. The number of amides is 1. The summed E-state index contributed by atoms with van der Waals surface area (Å²) in [6.45, 7) is 1.39. The first-order valence-electron chi connectivity index (χ1n) is 9.35. The van der Waals surface area contributed by atoms with Gasteiger partial charge in [0, 0.05) is 24.2 Å². The van der Waals surface area contributed by atoms with Crippen molar-refractivity contribution < 1.29 is 13.9 Å². The number of carbonyl (C=O) groups excluding carboxylic acids is 1. The Bertz CT molecular complexity index is 944. The fourth-order valence-corrected chi connectivity index (χ4v) is 3.37. The molecule has 1 aromatic heterocycles. The molecule has 2 aromatic carbocycles. The molecule has 3 aromatic rings. The van der Waals surface area contributed by atoms with Crippen LogP contribution in [-0.4, -0.2) is 35.5 Å². The van der Waals surface area contributed by atoms with Gasteiger partial charge in [0.25, 0.3) is 5.91 Å². The molecule has 1 aliphatic rings. The van der Waals surface area contributed by atoms with Crippen LogP contribution in [0.1, 0.15) is 33.4 Å². The summed E-state index contributed by atoms with van der Waals surface area (Å²) in [5, 5.41) is 0. The lowest BCUT2D eigenvalue weighted by Crippen LogP contribution is -2.42. The van der Waals surface area contributed by atoms with Crippen LogP contribution in [0.5, 0.6) is 0 Å². The Morgan fingerprint density at radius 2 is 1.82 bits per heavy atom. The van der Waals surface area contributed by atoms with E-state index < -0.39 is 0 Å². The highest BCUT2D eigenvalue weighted by atomic mass is 19.1. The zero-order valence-electron chi connectivity index (χ0n) is 15.4. The van der Waals surface area contributed by atoms with Gasteiger partial charge in [-0.05, 0) is 42.0 Å². The SMILES string of the molecule is O=C(c1ccc(F)cc1)N1CCO[C@H](c2cccc(Cc3ccccc3)n2)C1. The van der Waals surface area contributed by atoms with Gasteiger partial charge in [-0.15, -0.1) is 0 Å². The first-order valence-corrected chi connectivity index (χ1v) is 9.35. The Kier molecular flexibility index (Phi) is 5.44. The second kappa shape index (κ2) is 8.31. The van der Waals surface area contributed by atoms with Crippen LogP contribution >= 0.6 is 0 Å². The molecule has 0 unspecified atom stereocenters. The zero-order chi connectivity index (χ0) is 19.3. The van der Waals surface area contributed by atoms with Gasteiger partial charge < -0.3 is 9.64 Å². The van der Waals surface area contributed by atoms with Gasteiger partial charge in [0.2, 0.25) is 0 Å². The normalized spacial score (nSPS) is 16.8. The standard InChI is InChI=1S/C23H21FN2O2/c24-19-11-9-18(10-12-19)23(27)26-13-14-28-22(16-26)21-8-4-7-20(25-21)15-17-5-2-1-3-6-17/h1-12,22H,13-16H2/t22-/m0/s1. The van der Waals surface area contributed by atoms with Crippen LogP contribution in [0.2, 0.25) is 0 Å². The van der Waals surface area contributed by atoms with E-state index in [2.05, 4.69) is 12.1 Å². The summed E-state index contributed by atoms with van der Waals surface area (Å²) in [5.41, 5.74) is 3.47. The van der Waals surface area contributed by atoms with Gasteiger partial charge in [0.15, 0.2) is 0 Å². The molecule has 1 aliphatic heterocycles. The number of ether oxygens (including phenoxy) is 1. The Labute approximate surface area is 163 Å². The predicted molar refractivity (Wildman–Crippen MR) is 104 cm³/mol. The van der Waals surface area contributed by atoms with Crippen LogP contribution in [0.15, 0.2) is 72.8 Å². The topological polar surface area (TPSA) is 42.4 Å². The number of hydrogen-bond donors (Lipinski definition) is 0. The Hall–Kier alpha value is -3.05. The van der Waals surface area contributed by atoms with Crippen molar-refractivity contribution in [3.05, 3.63) is 101 Å². The van der Waals surface area contributed by atoms with Gasteiger partial charge >= 0.3 is 0 Å². The fraction of sp³-hybridized carbons (Fsp3) is 0.217. The molecule has 0 saturated carbocycles. The lowest BCUT2D eigenvalue weighted by Gasteiger charge is -2.33. The number of benzene rings is 2. The van der Waals surface area contributed by atoms with Crippen molar-refractivity contribution in [3.63, 3.8) is 0 Å². The third-order valence-corrected chi connectivity index (χ3v) is 4.83. The molecular formula is C23H21FN2O2. The van der Waals surface area contributed by atoms with Crippen LogP contribution in [0.4, 0.5) is 4.39 Å². The van der Waals surface area contributed by atoms with Crippen molar-refractivity contribution in [2.24, 2.45) is 0 Å². The maximum atomic E-state index is 13.1. The predicted octanol–water partition coefficient (Wildman–Crippen LogP) is 4.03. The van der Waals surface area contributed by atoms with E-state index in [-0.39, 0.29) is 17.8 Å². The van der Waals surface area contributed by atoms with Gasteiger partial charge in [-0.25, -0.2) is 4.39 Å². The molecule has 2 heterocycles. The van der Waals surface area contributed by atoms with E-state index in [1.165, 1.54) is 29.8 Å². The van der Waals surface area contributed by atoms with Crippen molar-refractivity contribution in [2.45, 2.75) is 12.5 Å². The van der Waals surface area contributed by atoms with Crippen LogP contribution in [-0.2, 0) is 11.2 Å². The van der Waals surface area contributed by atoms with Crippen LogP contribution < -0.4 is 0 Å². The van der Waals surface area contributed by atoms with E-state index in [1.54, 1.807) is 4.90 Å². The summed E-state index contributed by atoms with van der Waals surface area (Å²) in [7, 11) is 0. The molecule has 0 spiro atoms. The maximum absolute atomic E-state index is 13.1. The number of rotatable bonds is 4. The summed E-state index contributed by atoms with van der Waals surface area (Å²) >= 11 is 0. The monoisotopic (exact) mass is 376 g/mol. The molecule has 4 rings (SSSR count). The maximum Gasteiger partial charge on any atom is 0.254 e. The highest BCUT2D eigenvalue weighted by Gasteiger charge is 2.27. The minimum Gasteiger partial charge on any atom is -0.368 e. The number of hydrogen-bond acceptors (Lipinski definition) is 3. The smallest absolute Gasteiger partial charge is 0.254 e. The molecule has 142 valence electrons. The minimum absolute atomic E-state index is 0.117. The summed E-state index contributed by atoms with van der Waals surface area (Å²) in [4.78, 5) is 19.2. The molecular weight excluding hydrogens is 355 g/mol. The quantitative estimate of drug-likeness (QED) is 0.691. The molecule has 1 atom stereocenters. The fourth-order valence-electron chi connectivity index (χ4n) is 3.37. The summed E-state index contributed by atoms with van der Waals surface area (Å²) in [5.74, 6) is -0.468. The molecule has 4 nitrogen and oxygen atoms in total. The Morgan fingerprint density at radius 1 is 1.04 bits per heavy atom. The van der Waals surface area contributed by atoms with Gasteiger partial charge in [0.05, 0.1) is 18.8 Å². The van der Waals surface area contributed by atoms with E-state index in [4.69, 9.17) is 9.72 Å². The van der Waals surface area contributed by atoms with Crippen molar-refractivity contribution in [1.29, 1.82) is 0 Å². The van der Waals surface area contributed by atoms with Gasteiger partial charge in [-0.1, -0.05) is 36.4 Å². The first kappa shape index (κ1) is 18.3. The van der Waals surface area contributed by atoms with Crippen molar-refractivity contribution in [3.8, 4) is 0 Å². The third-order valence-electron chi connectivity index (χ3n) is 4.83. The third kappa shape index (κ3) is 4.26. The van der Waals surface area contributed by atoms with E-state index in [0.29, 0.717) is 25.3 Å². The van der Waals surface area contributed by atoms with Crippen molar-refractivity contribution in [1.82, 2.24) is 9.88 Å². The molecule has 0 bridgehead atoms. The summed E-state index contributed by atoms with van der Waals surface area (Å²) in [6.07, 6.45) is 0.480. The Morgan fingerprint density at radius 3 is 2.61 bits per heavy atom. The average Bonchev–Trinajstić information content (AvgIpc) is 2.75. The molecule has 5 heteroatoms. The Balaban J connectivity index is 1.48. The molecule has 28 heavy (non-hydrogen) atoms. The molecule has 0 aliphatic carbocycles. The van der Waals surface area contributed by atoms with Gasteiger partial charge in [-0.3, -0.25) is 9.78 Å². The van der Waals surface area contributed by atoms with Crippen LogP contribution in [0, 0.1) is 5.82 Å². The number of carbonyl (C=O) groups is 1. The number of pyridine rings is 1. The average molecular weight is 376 g/mol. The van der Waals surface area contributed by atoms with E-state index in [0.717, 1.165) is 17.8 Å². The van der Waals surface area contributed by atoms with Crippen molar-refractivity contribution in [2.75, 3.05) is 19.7 Å². The lowest BCUT2D eigenvalue weighted by atomic mass is 10.1. The van der Waals surface area contributed by atoms with E-state index in [1.807, 2.05) is 36.4 Å².